The first-order chi connectivity index (χ1) is 13.4. The average molecular weight is 381 g/mol. The Morgan fingerprint density at radius 2 is 1.86 bits per heavy atom. The number of carbonyl (C=O) groups excluding carboxylic acids is 3. The van der Waals surface area contributed by atoms with Crippen LogP contribution in [0.1, 0.15) is 30.5 Å². The lowest BCUT2D eigenvalue weighted by Crippen LogP contribution is -2.30. The van der Waals surface area contributed by atoms with Gasteiger partial charge >= 0.3 is 6.09 Å². The van der Waals surface area contributed by atoms with Crippen molar-refractivity contribution < 1.29 is 19.1 Å². The highest BCUT2D eigenvalue weighted by Gasteiger charge is 2.26. The maximum absolute atomic E-state index is 12.7. The smallest absolute Gasteiger partial charge is 0.414 e. The summed E-state index contributed by atoms with van der Waals surface area (Å²) in [6.07, 6.45) is -0.362. The summed E-state index contributed by atoms with van der Waals surface area (Å²) >= 11 is 0. The van der Waals surface area contributed by atoms with E-state index in [1.807, 2.05) is 31.2 Å². The van der Waals surface area contributed by atoms with Gasteiger partial charge in [-0.25, -0.2) is 4.79 Å². The molecule has 1 aliphatic heterocycles. The molecule has 7 nitrogen and oxygen atoms in total. The predicted molar refractivity (Wildman–Crippen MR) is 106 cm³/mol. The van der Waals surface area contributed by atoms with Gasteiger partial charge in [0.1, 0.15) is 6.61 Å². The summed E-state index contributed by atoms with van der Waals surface area (Å²) in [5, 5.41) is 5.68. The van der Waals surface area contributed by atoms with Crippen LogP contribution in [0, 0.1) is 6.92 Å². The van der Waals surface area contributed by atoms with Crippen molar-refractivity contribution in [2.45, 2.75) is 26.3 Å². The number of ether oxygens (including phenoxy) is 1. The molecule has 7 heteroatoms. The van der Waals surface area contributed by atoms with Gasteiger partial charge in [0.2, 0.25) is 11.8 Å². The van der Waals surface area contributed by atoms with Crippen molar-refractivity contribution in [1.82, 2.24) is 5.32 Å². The number of amides is 3. The molecule has 2 N–H and O–H groups in total. The van der Waals surface area contributed by atoms with Crippen molar-refractivity contribution in [3.63, 3.8) is 0 Å². The van der Waals surface area contributed by atoms with E-state index in [1.54, 1.807) is 24.3 Å². The molecule has 3 rings (SSSR count). The molecule has 0 aromatic heterocycles. The van der Waals surface area contributed by atoms with Crippen LogP contribution in [0.25, 0.3) is 0 Å². The highest BCUT2D eigenvalue weighted by Crippen LogP contribution is 2.28. The van der Waals surface area contributed by atoms with E-state index in [4.69, 9.17) is 4.74 Å². The molecule has 0 bridgehead atoms. The van der Waals surface area contributed by atoms with E-state index >= 15 is 0 Å². The number of cyclic esters (lactones) is 1. The van der Waals surface area contributed by atoms with E-state index in [0.29, 0.717) is 24.5 Å². The minimum Gasteiger partial charge on any atom is -0.447 e. The quantitative estimate of drug-likeness (QED) is 0.805. The maximum atomic E-state index is 12.7. The van der Waals surface area contributed by atoms with Crippen LogP contribution in [-0.2, 0) is 14.3 Å². The molecule has 2 aromatic rings. The zero-order chi connectivity index (χ0) is 20.1. The number of aryl methyl sites for hydroxylation is 1. The Morgan fingerprint density at radius 3 is 2.50 bits per heavy atom. The van der Waals surface area contributed by atoms with E-state index < -0.39 is 12.1 Å². The van der Waals surface area contributed by atoms with Crippen molar-refractivity contribution in [3.8, 4) is 0 Å². The Balaban J connectivity index is 1.75. The third kappa shape index (κ3) is 4.68. The number of anilines is 2. The molecule has 1 heterocycles. The predicted octanol–water partition coefficient (Wildman–Crippen LogP) is 3.16. The van der Waals surface area contributed by atoms with E-state index in [1.165, 1.54) is 11.8 Å². The van der Waals surface area contributed by atoms with Gasteiger partial charge in [0, 0.05) is 6.92 Å². The number of hydrogen-bond donors (Lipinski definition) is 2. The van der Waals surface area contributed by atoms with Crippen molar-refractivity contribution in [2.75, 3.05) is 23.4 Å². The summed E-state index contributed by atoms with van der Waals surface area (Å²) in [4.78, 5) is 37.6. The Morgan fingerprint density at radius 1 is 1.14 bits per heavy atom. The number of hydrogen-bond acceptors (Lipinski definition) is 4. The SMILES string of the molecule is CC(=O)NC(CC(=O)Nc1ccccc1N1CCOC1=O)c1ccc(C)cc1. The summed E-state index contributed by atoms with van der Waals surface area (Å²) < 4.78 is 4.98. The largest absolute Gasteiger partial charge is 0.447 e. The topological polar surface area (TPSA) is 87.7 Å². The number of carbonyl (C=O) groups is 3. The summed E-state index contributed by atoms with van der Waals surface area (Å²) in [5.41, 5.74) is 3.06. The normalized spacial score (nSPS) is 14.4. The summed E-state index contributed by atoms with van der Waals surface area (Å²) in [6.45, 7) is 4.15. The molecule has 1 fully saturated rings. The highest BCUT2D eigenvalue weighted by molar-refractivity contribution is 5.99. The van der Waals surface area contributed by atoms with E-state index in [-0.39, 0.29) is 18.2 Å². The lowest BCUT2D eigenvalue weighted by Gasteiger charge is -2.20. The molecule has 1 saturated heterocycles. The van der Waals surface area contributed by atoms with Gasteiger partial charge in [-0.1, -0.05) is 42.0 Å². The van der Waals surface area contributed by atoms with Gasteiger partial charge in [-0.2, -0.15) is 0 Å². The molecule has 1 atom stereocenters. The zero-order valence-corrected chi connectivity index (χ0v) is 15.9. The molecule has 28 heavy (non-hydrogen) atoms. The standard InChI is InChI=1S/C21H23N3O4/c1-14-7-9-16(10-8-14)18(22-15(2)25)13-20(26)23-17-5-3-4-6-19(17)24-11-12-28-21(24)27/h3-10,18H,11-13H2,1-2H3,(H,22,25)(H,23,26). The molecule has 0 aliphatic carbocycles. The summed E-state index contributed by atoms with van der Waals surface area (Å²) in [5.74, 6) is -0.474. The second-order valence-electron chi connectivity index (χ2n) is 6.70. The molecular formula is C21H23N3O4. The van der Waals surface area contributed by atoms with Crippen LogP contribution in [0.15, 0.2) is 48.5 Å². The minimum atomic E-state index is -0.443. The van der Waals surface area contributed by atoms with Crippen LogP contribution >= 0.6 is 0 Å². The fourth-order valence-corrected chi connectivity index (χ4v) is 3.11. The van der Waals surface area contributed by atoms with Crippen molar-refractivity contribution >= 4 is 29.3 Å². The van der Waals surface area contributed by atoms with Gasteiger partial charge in [0.25, 0.3) is 0 Å². The maximum Gasteiger partial charge on any atom is 0.414 e. The molecular weight excluding hydrogens is 358 g/mol. The molecule has 0 radical (unpaired) electrons. The van der Waals surface area contributed by atoms with E-state index in [0.717, 1.165) is 11.1 Å². The molecule has 2 aromatic carbocycles. The minimum absolute atomic E-state index is 0.0709. The fourth-order valence-electron chi connectivity index (χ4n) is 3.11. The Kier molecular flexibility index (Phi) is 5.93. The van der Waals surface area contributed by atoms with Gasteiger partial charge in [0.05, 0.1) is 30.4 Å². The zero-order valence-electron chi connectivity index (χ0n) is 15.9. The van der Waals surface area contributed by atoms with Crippen LogP contribution in [0.5, 0.6) is 0 Å². The Bertz CT molecular complexity index is 879. The van der Waals surface area contributed by atoms with Crippen molar-refractivity contribution in [1.29, 1.82) is 0 Å². The number of nitrogens with zero attached hydrogens (tertiary/aromatic N) is 1. The van der Waals surface area contributed by atoms with Crippen molar-refractivity contribution in [3.05, 3.63) is 59.7 Å². The first-order valence-corrected chi connectivity index (χ1v) is 9.11. The molecule has 0 saturated carbocycles. The Hall–Kier alpha value is -3.35. The third-order valence-electron chi connectivity index (χ3n) is 4.48. The van der Waals surface area contributed by atoms with Crippen LogP contribution in [0.3, 0.4) is 0 Å². The summed E-state index contributed by atoms with van der Waals surface area (Å²) in [6, 6.07) is 14.3. The van der Waals surface area contributed by atoms with Crippen LogP contribution in [0.2, 0.25) is 0 Å². The Labute approximate surface area is 163 Å². The number of rotatable bonds is 6. The van der Waals surface area contributed by atoms with Crippen LogP contribution in [0.4, 0.5) is 16.2 Å². The van der Waals surface area contributed by atoms with Crippen molar-refractivity contribution in [2.24, 2.45) is 0 Å². The number of para-hydroxylation sites is 2. The monoisotopic (exact) mass is 381 g/mol. The van der Waals surface area contributed by atoms with Gasteiger partial charge in [-0.15, -0.1) is 0 Å². The molecule has 3 amide bonds. The van der Waals surface area contributed by atoms with Crippen LogP contribution in [-0.4, -0.2) is 31.1 Å². The molecule has 1 aliphatic rings. The average Bonchev–Trinajstić information content (AvgIpc) is 3.07. The number of nitrogens with one attached hydrogen (secondary N) is 2. The highest BCUT2D eigenvalue weighted by atomic mass is 16.6. The van der Waals surface area contributed by atoms with Gasteiger partial charge in [-0.05, 0) is 24.6 Å². The number of benzene rings is 2. The lowest BCUT2D eigenvalue weighted by molar-refractivity contribution is -0.120. The van der Waals surface area contributed by atoms with Gasteiger partial charge < -0.3 is 15.4 Å². The van der Waals surface area contributed by atoms with E-state index in [2.05, 4.69) is 10.6 Å². The van der Waals surface area contributed by atoms with Gasteiger partial charge in [0.15, 0.2) is 0 Å². The summed E-state index contributed by atoms with van der Waals surface area (Å²) in [7, 11) is 0. The van der Waals surface area contributed by atoms with Crippen LogP contribution < -0.4 is 15.5 Å². The molecule has 1 unspecified atom stereocenters. The fraction of sp³-hybridized carbons (Fsp3) is 0.286. The second-order valence-corrected chi connectivity index (χ2v) is 6.70. The molecule has 0 spiro atoms. The second kappa shape index (κ2) is 8.56. The van der Waals surface area contributed by atoms with Gasteiger partial charge in [-0.3, -0.25) is 14.5 Å². The molecule has 146 valence electrons. The lowest BCUT2D eigenvalue weighted by atomic mass is 10.0. The first-order valence-electron chi connectivity index (χ1n) is 9.11. The first kappa shape index (κ1) is 19.4. The third-order valence-corrected chi connectivity index (χ3v) is 4.48. The van der Waals surface area contributed by atoms with E-state index in [9.17, 15) is 14.4 Å².